The molecule has 4 nitrogen and oxygen atoms in total. The predicted molar refractivity (Wildman–Crippen MR) is 89.9 cm³/mol. The van der Waals surface area contributed by atoms with Crippen molar-refractivity contribution in [2.75, 3.05) is 6.61 Å². The van der Waals surface area contributed by atoms with Gasteiger partial charge in [0.25, 0.3) is 0 Å². The molecule has 0 fully saturated rings. The molecule has 0 bridgehead atoms. The molecule has 4 heteroatoms. The summed E-state index contributed by atoms with van der Waals surface area (Å²) in [5.41, 5.74) is 0.438. The molecule has 2 rings (SSSR count). The molecule has 0 saturated heterocycles. The topological polar surface area (TPSA) is 55.8 Å². The molecule has 1 N–H and O–H groups in total. The molecular formula is C19H24O4. The Morgan fingerprint density at radius 2 is 1.91 bits per heavy atom. The van der Waals surface area contributed by atoms with Gasteiger partial charge in [0, 0.05) is 12.2 Å². The van der Waals surface area contributed by atoms with Crippen molar-refractivity contribution in [2.24, 2.45) is 0 Å². The van der Waals surface area contributed by atoms with Crippen molar-refractivity contribution in [2.45, 2.75) is 45.5 Å². The van der Waals surface area contributed by atoms with Crippen LogP contribution in [0.5, 0.6) is 0 Å². The van der Waals surface area contributed by atoms with Gasteiger partial charge in [0.15, 0.2) is 11.6 Å². The maximum atomic E-state index is 12.6. The maximum Gasteiger partial charge on any atom is 0.195 e. The van der Waals surface area contributed by atoms with E-state index in [1.54, 1.807) is 24.3 Å². The number of hydrogen-bond donors (Lipinski definition) is 1. The van der Waals surface area contributed by atoms with E-state index in [9.17, 15) is 9.90 Å². The Morgan fingerprint density at radius 1 is 1.26 bits per heavy atom. The monoisotopic (exact) mass is 316 g/mol. The summed E-state index contributed by atoms with van der Waals surface area (Å²) >= 11 is 0. The standard InChI is InChI=1S/C19H24O4/c1-5-22-19(23-18(2,3)4)12-11-15(16(20)13-19)17(21)14-9-7-6-8-10-14/h6-12,21H,5,13H2,1-4H3. The predicted octanol–water partition coefficient (Wildman–Crippen LogP) is 4.03. The summed E-state index contributed by atoms with van der Waals surface area (Å²) in [6.45, 7) is 8.03. The summed E-state index contributed by atoms with van der Waals surface area (Å²) in [4.78, 5) is 12.6. The molecule has 124 valence electrons. The smallest absolute Gasteiger partial charge is 0.195 e. The molecule has 0 saturated carbocycles. The van der Waals surface area contributed by atoms with Gasteiger partial charge in [-0.1, -0.05) is 30.3 Å². The van der Waals surface area contributed by atoms with Crippen LogP contribution in [0.4, 0.5) is 0 Å². The molecule has 1 aliphatic carbocycles. The van der Waals surface area contributed by atoms with Gasteiger partial charge in [0.05, 0.1) is 17.6 Å². The van der Waals surface area contributed by atoms with Crippen LogP contribution in [0.15, 0.2) is 48.1 Å². The zero-order chi connectivity index (χ0) is 17.1. The lowest BCUT2D eigenvalue weighted by Gasteiger charge is -2.38. The zero-order valence-corrected chi connectivity index (χ0v) is 14.1. The minimum absolute atomic E-state index is 0.0206. The van der Waals surface area contributed by atoms with Gasteiger partial charge in [0.1, 0.15) is 5.76 Å². The van der Waals surface area contributed by atoms with Crippen LogP contribution in [-0.4, -0.2) is 28.9 Å². The van der Waals surface area contributed by atoms with Crippen LogP contribution in [0.2, 0.25) is 0 Å². The number of Topliss-reactive ketones (excluding diaryl/α,β-unsaturated/α-hetero) is 1. The first-order chi connectivity index (χ1) is 10.8. The van der Waals surface area contributed by atoms with E-state index in [4.69, 9.17) is 9.47 Å². The van der Waals surface area contributed by atoms with E-state index in [2.05, 4.69) is 0 Å². The second-order valence-electron chi connectivity index (χ2n) is 6.52. The Morgan fingerprint density at radius 3 is 2.43 bits per heavy atom. The zero-order valence-electron chi connectivity index (χ0n) is 14.1. The average molecular weight is 316 g/mol. The Bertz CT molecular complexity index is 623. The highest BCUT2D eigenvalue weighted by atomic mass is 16.7. The molecule has 0 spiro atoms. The van der Waals surface area contributed by atoms with E-state index >= 15 is 0 Å². The maximum absolute atomic E-state index is 12.6. The Hall–Kier alpha value is -1.91. The molecule has 0 aliphatic heterocycles. The van der Waals surface area contributed by atoms with E-state index in [0.717, 1.165) is 0 Å². The first-order valence-corrected chi connectivity index (χ1v) is 7.81. The largest absolute Gasteiger partial charge is 0.507 e. The van der Waals surface area contributed by atoms with Crippen molar-refractivity contribution in [3.63, 3.8) is 0 Å². The molecule has 1 unspecified atom stereocenters. The summed E-state index contributed by atoms with van der Waals surface area (Å²) < 4.78 is 11.7. The molecule has 1 atom stereocenters. The Kier molecular flexibility index (Phi) is 5.07. The number of hydrogen-bond acceptors (Lipinski definition) is 4. The molecule has 1 aromatic carbocycles. The Balaban J connectivity index is 2.38. The van der Waals surface area contributed by atoms with Crippen LogP contribution < -0.4 is 0 Å². The number of ether oxygens (including phenoxy) is 2. The van der Waals surface area contributed by atoms with Gasteiger partial charge in [-0.05, 0) is 39.8 Å². The molecule has 0 heterocycles. The molecular weight excluding hydrogens is 292 g/mol. The van der Waals surface area contributed by atoms with Gasteiger partial charge in [-0.3, -0.25) is 4.79 Å². The van der Waals surface area contributed by atoms with Crippen LogP contribution in [0.1, 0.15) is 39.7 Å². The fraction of sp³-hybridized carbons (Fsp3) is 0.421. The summed E-state index contributed by atoms with van der Waals surface area (Å²) in [5, 5.41) is 10.4. The van der Waals surface area contributed by atoms with E-state index < -0.39 is 11.4 Å². The van der Waals surface area contributed by atoms with Gasteiger partial charge < -0.3 is 14.6 Å². The quantitative estimate of drug-likeness (QED) is 0.517. The van der Waals surface area contributed by atoms with Crippen molar-refractivity contribution in [3.8, 4) is 0 Å². The molecule has 0 amide bonds. The van der Waals surface area contributed by atoms with Crippen molar-refractivity contribution in [1.82, 2.24) is 0 Å². The number of carbonyl (C=O) groups is 1. The highest BCUT2D eigenvalue weighted by molar-refractivity contribution is 6.05. The number of ketones is 1. The third-order valence-corrected chi connectivity index (χ3v) is 3.38. The van der Waals surface area contributed by atoms with Crippen LogP contribution >= 0.6 is 0 Å². The normalized spacial score (nSPS) is 23.9. The first kappa shape index (κ1) is 17.4. The van der Waals surface area contributed by atoms with Crippen LogP contribution in [0, 0.1) is 0 Å². The van der Waals surface area contributed by atoms with Crippen LogP contribution in [0.25, 0.3) is 5.76 Å². The van der Waals surface area contributed by atoms with Crippen molar-refractivity contribution < 1.29 is 19.4 Å². The van der Waals surface area contributed by atoms with Crippen LogP contribution in [0.3, 0.4) is 0 Å². The van der Waals surface area contributed by atoms with Crippen LogP contribution in [-0.2, 0) is 14.3 Å². The number of aliphatic hydroxyl groups excluding tert-OH is 1. The van der Waals surface area contributed by atoms with Gasteiger partial charge in [-0.15, -0.1) is 0 Å². The third-order valence-electron chi connectivity index (χ3n) is 3.38. The van der Waals surface area contributed by atoms with Gasteiger partial charge in [0.2, 0.25) is 0 Å². The Labute approximate surface area is 137 Å². The summed E-state index contributed by atoms with van der Waals surface area (Å²) in [6.07, 6.45) is 3.36. The van der Waals surface area contributed by atoms with E-state index in [1.165, 1.54) is 0 Å². The van der Waals surface area contributed by atoms with Gasteiger partial charge in [-0.25, -0.2) is 0 Å². The highest BCUT2D eigenvalue weighted by Gasteiger charge is 2.40. The summed E-state index contributed by atoms with van der Waals surface area (Å²) in [5.74, 6) is -1.30. The average Bonchev–Trinajstić information content (AvgIpc) is 2.46. The second-order valence-corrected chi connectivity index (χ2v) is 6.52. The summed E-state index contributed by atoms with van der Waals surface area (Å²) in [7, 11) is 0. The van der Waals surface area contributed by atoms with E-state index in [-0.39, 0.29) is 23.5 Å². The highest BCUT2D eigenvalue weighted by Crippen LogP contribution is 2.34. The number of carbonyl (C=O) groups excluding carboxylic acids is 1. The lowest BCUT2D eigenvalue weighted by molar-refractivity contribution is -0.248. The fourth-order valence-electron chi connectivity index (χ4n) is 2.61. The minimum Gasteiger partial charge on any atom is -0.507 e. The number of rotatable bonds is 4. The van der Waals surface area contributed by atoms with Crippen molar-refractivity contribution in [3.05, 3.63) is 53.6 Å². The third kappa shape index (κ3) is 4.30. The number of allylic oxidation sites excluding steroid dienone is 2. The van der Waals surface area contributed by atoms with Crippen molar-refractivity contribution >= 4 is 11.5 Å². The molecule has 23 heavy (non-hydrogen) atoms. The van der Waals surface area contributed by atoms with Crippen molar-refractivity contribution in [1.29, 1.82) is 0 Å². The number of benzene rings is 1. The molecule has 0 radical (unpaired) electrons. The lowest BCUT2D eigenvalue weighted by Crippen LogP contribution is -2.44. The van der Waals surface area contributed by atoms with Gasteiger partial charge >= 0.3 is 0 Å². The summed E-state index contributed by atoms with van der Waals surface area (Å²) in [6, 6.07) is 9.02. The first-order valence-electron chi connectivity index (χ1n) is 7.81. The van der Waals surface area contributed by atoms with Gasteiger partial charge in [-0.2, -0.15) is 0 Å². The molecule has 0 aromatic heterocycles. The molecule has 1 aromatic rings. The SMILES string of the molecule is CCOC1(OC(C)(C)C)C=CC(=C(O)c2ccccc2)C(=O)C1. The van der Waals surface area contributed by atoms with E-state index in [0.29, 0.717) is 12.2 Å². The van der Waals surface area contributed by atoms with E-state index in [1.807, 2.05) is 45.9 Å². The second kappa shape index (κ2) is 6.69. The fourth-order valence-corrected chi connectivity index (χ4v) is 2.61. The minimum atomic E-state index is -1.08. The number of aliphatic hydroxyl groups is 1. The molecule has 1 aliphatic rings. The lowest BCUT2D eigenvalue weighted by atomic mass is 9.92.